The van der Waals surface area contributed by atoms with Gasteiger partial charge in [0.25, 0.3) is 0 Å². The third-order valence-electron chi connectivity index (χ3n) is 3.51. The summed E-state index contributed by atoms with van der Waals surface area (Å²) in [6.07, 6.45) is -0.268. The van der Waals surface area contributed by atoms with Crippen LogP contribution < -0.4 is 14.8 Å². The monoisotopic (exact) mass is 308 g/mol. The minimum atomic E-state index is -1.57. The summed E-state index contributed by atoms with van der Waals surface area (Å²) in [5, 5.41) is 1.17. The molecule has 5 heteroatoms. The highest BCUT2D eigenvalue weighted by Crippen LogP contribution is 2.22. The van der Waals surface area contributed by atoms with E-state index in [0.717, 1.165) is 5.69 Å². The quantitative estimate of drug-likeness (QED) is 0.783. The van der Waals surface area contributed by atoms with Gasteiger partial charge in [0.1, 0.15) is 5.75 Å². The Morgan fingerprint density at radius 1 is 1.14 bits per heavy atom. The fourth-order valence-corrected chi connectivity index (χ4v) is 3.58. The summed E-state index contributed by atoms with van der Waals surface area (Å²) in [4.78, 5) is 15.9. The first-order valence-corrected chi connectivity index (χ1v) is 11.0. The zero-order valence-electron chi connectivity index (χ0n) is 14.4. The molecule has 1 aromatic carbocycles. The Balaban J connectivity index is 3.18. The standard InChI is InChI=1S/C16H28N2O2Si/c1-8-18(9-2)16(19)20-14-12-13(17(3)4)10-11-15(14)21(5,6)7/h10-12H,8-9H2,1-7H3. The molecule has 0 unspecified atom stereocenters. The van der Waals surface area contributed by atoms with Gasteiger partial charge in [-0.05, 0) is 25.1 Å². The van der Waals surface area contributed by atoms with Crippen LogP contribution in [0.15, 0.2) is 18.2 Å². The Labute approximate surface area is 129 Å². The van der Waals surface area contributed by atoms with Crippen molar-refractivity contribution in [3.8, 4) is 5.75 Å². The Bertz CT molecular complexity index is 492. The Hall–Kier alpha value is -1.49. The van der Waals surface area contributed by atoms with Crippen molar-refractivity contribution in [3.63, 3.8) is 0 Å². The molecule has 0 saturated heterocycles. The highest BCUT2D eigenvalue weighted by Gasteiger charge is 2.24. The largest absolute Gasteiger partial charge is 0.415 e. The van der Waals surface area contributed by atoms with Gasteiger partial charge in [-0.2, -0.15) is 0 Å². The summed E-state index contributed by atoms with van der Waals surface area (Å²) in [5.41, 5.74) is 1.04. The van der Waals surface area contributed by atoms with Crippen LogP contribution in [0.2, 0.25) is 19.6 Å². The number of nitrogens with zero attached hydrogens (tertiary/aromatic N) is 2. The molecule has 0 atom stereocenters. The zero-order chi connectivity index (χ0) is 16.2. The van der Waals surface area contributed by atoms with Crippen molar-refractivity contribution in [3.05, 3.63) is 18.2 Å². The lowest BCUT2D eigenvalue weighted by molar-refractivity contribution is 0.157. The predicted octanol–water partition coefficient (Wildman–Crippen LogP) is 3.14. The van der Waals surface area contributed by atoms with E-state index in [9.17, 15) is 4.79 Å². The van der Waals surface area contributed by atoms with Crippen molar-refractivity contribution < 1.29 is 9.53 Å². The molecule has 0 saturated carbocycles. The molecule has 0 aliphatic heterocycles. The second kappa shape index (κ2) is 6.98. The van der Waals surface area contributed by atoms with Gasteiger partial charge in [0.05, 0.1) is 8.07 Å². The molecule has 0 N–H and O–H groups in total. The number of rotatable bonds is 5. The normalized spacial score (nSPS) is 11.2. The summed E-state index contributed by atoms with van der Waals surface area (Å²) in [5.74, 6) is 0.706. The molecular formula is C16H28N2O2Si. The Kier molecular flexibility index (Phi) is 5.84. The lowest BCUT2D eigenvalue weighted by Gasteiger charge is -2.25. The average molecular weight is 308 g/mol. The number of anilines is 1. The maximum atomic E-state index is 12.2. The third-order valence-corrected chi connectivity index (χ3v) is 5.54. The van der Waals surface area contributed by atoms with Crippen molar-refractivity contribution in [1.29, 1.82) is 0 Å². The van der Waals surface area contributed by atoms with E-state index in [0.29, 0.717) is 18.8 Å². The van der Waals surface area contributed by atoms with Gasteiger partial charge in [-0.3, -0.25) is 0 Å². The zero-order valence-corrected chi connectivity index (χ0v) is 15.4. The molecule has 0 spiro atoms. The van der Waals surface area contributed by atoms with Crippen LogP contribution in [0.3, 0.4) is 0 Å². The van der Waals surface area contributed by atoms with Crippen LogP contribution in [-0.4, -0.2) is 46.3 Å². The molecule has 0 aromatic heterocycles. The molecule has 1 aromatic rings. The number of benzene rings is 1. The maximum Gasteiger partial charge on any atom is 0.415 e. The van der Waals surface area contributed by atoms with Crippen LogP contribution in [0.5, 0.6) is 5.75 Å². The molecule has 0 fully saturated rings. The van der Waals surface area contributed by atoms with Gasteiger partial charge in [-0.15, -0.1) is 0 Å². The van der Waals surface area contributed by atoms with Crippen molar-refractivity contribution in [2.45, 2.75) is 33.5 Å². The minimum Gasteiger partial charge on any atom is -0.410 e. The van der Waals surface area contributed by atoms with Crippen LogP contribution >= 0.6 is 0 Å². The molecule has 0 aliphatic carbocycles. The summed E-state index contributed by atoms with van der Waals surface area (Å²) in [6.45, 7) is 12.0. The van der Waals surface area contributed by atoms with Crippen molar-refractivity contribution in [1.82, 2.24) is 4.90 Å². The SMILES string of the molecule is CCN(CC)C(=O)Oc1cc(N(C)C)ccc1[Si](C)(C)C. The average Bonchev–Trinajstić information content (AvgIpc) is 2.38. The van der Waals surface area contributed by atoms with Crippen LogP contribution in [-0.2, 0) is 0 Å². The van der Waals surface area contributed by atoms with Gasteiger partial charge in [0.2, 0.25) is 0 Å². The van der Waals surface area contributed by atoms with E-state index in [-0.39, 0.29) is 6.09 Å². The lowest BCUT2D eigenvalue weighted by atomic mass is 10.3. The predicted molar refractivity (Wildman–Crippen MR) is 92.7 cm³/mol. The number of hydrogen-bond acceptors (Lipinski definition) is 3. The lowest BCUT2D eigenvalue weighted by Crippen LogP contribution is -2.41. The van der Waals surface area contributed by atoms with Gasteiger partial charge < -0.3 is 14.5 Å². The number of hydrogen-bond donors (Lipinski definition) is 0. The molecule has 0 radical (unpaired) electrons. The van der Waals surface area contributed by atoms with E-state index in [4.69, 9.17) is 4.74 Å². The number of carbonyl (C=O) groups excluding carboxylic acids is 1. The van der Waals surface area contributed by atoms with Gasteiger partial charge in [0.15, 0.2) is 0 Å². The summed E-state index contributed by atoms with van der Waals surface area (Å²) in [7, 11) is 2.40. The van der Waals surface area contributed by atoms with Crippen LogP contribution in [0.1, 0.15) is 13.8 Å². The molecule has 1 amide bonds. The summed E-state index contributed by atoms with van der Waals surface area (Å²) in [6, 6.07) is 6.16. The van der Waals surface area contributed by atoms with E-state index in [1.807, 2.05) is 38.9 Å². The molecule has 0 bridgehead atoms. The van der Waals surface area contributed by atoms with Crippen LogP contribution in [0.4, 0.5) is 10.5 Å². The van der Waals surface area contributed by atoms with Crippen molar-refractivity contribution in [2.24, 2.45) is 0 Å². The van der Waals surface area contributed by atoms with Gasteiger partial charge in [0, 0.05) is 38.9 Å². The Morgan fingerprint density at radius 2 is 1.71 bits per heavy atom. The molecule has 21 heavy (non-hydrogen) atoms. The second-order valence-electron chi connectivity index (χ2n) is 6.37. The van der Waals surface area contributed by atoms with Gasteiger partial charge in [-0.25, -0.2) is 4.79 Å². The number of ether oxygens (including phenoxy) is 1. The first kappa shape index (κ1) is 17.6. The van der Waals surface area contributed by atoms with Crippen molar-refractivity contribution in [2.75, 3.05) is 32.1 Å². The third kappa shape index (κ3) is 4.49. The van der Waals surface area contributed by atoms with E-state index >= 15 is 0 Å². The van der Waals surface area contributed by atoms with E-state index < -0.39 is 8.07 Å². The van der Waals surface area contributed by atoms with E-state index in [1.54, 1.807) is 4.90 Å². The summed E-state index contributed by atoms with van der Waals surface area (Å²) >= 11 is 0. The first-order chi connectivity index (χ1) is 9.70. The minimum absolute atomic E-state index is 0.268. The molecule has 0 heterocycles. The van der Waals surface area contributed by atoms with E-state index in [1.165, 1.54) is 5.19 Å². The van der Waals surface area contributed by atoms with Crippen molar-refractivity contribution >= 4 is 25.0 Å². The smallest absolute Gasteiger partial charge is 0.410 e. The Morgan fingerprint density at radius 3 is 2.14 bits per heavy atom. The highest BCUT2D eigenvalue weighted by atomic mass is 28.3. The number of carbonyl (C=O) groups is 1. The molecular weight excluding hydrogens is 280 g/mol. The molecule has 4 nitrogen and oxygen atoms in total. The van der Waals surface area contributed by atoms with Crippen LogP contribution in [0, 0.1) is 0 Å². The maximum absolute atomic E-state index is 12.2. The molecule has 0 aliphatic rings. The first-order valence-electron chi connectivity index (χ1n) is 7.49. The number of amides is 1. The second-order valence-corrected chi connectivity index (χ2v) is 11.4. The topological polar surface area (TPSA) is 32.8 Å². The van der Waals surface area contributed by atoms with Crippen LogP contribution in [0.25, 0.3) is 0 Å². The fourth-order valence-electron chi connectivity index (χ4n) is 2.13. The van der Waals surface area contributed by atoms with Gasteiger partial charge >= 0.3 is 6.09 Å². The van der Waals surface area contributed by atoms with Gasteiger partial charge in [-0.1, -0.05) is 25.7 Å². The van der Waals surface area contributed by atoms with E-state index in [2.05, 4.69) is 31.8 Å². The molecule has 118 valence electrons. The summed E-state index contributed by atoms with van der Waals surface area (Å²) < 4.78 is 5.70. The fraction of sp³-hybridized carbons (Fsp3) is 0.562. The highest BCUT2D eigenvalue weighted by molar-refractivity contribution is 6.89. The molecule has 1 rings (SSSR count).